The highest BCUT2D eigenvalue weighted by Gasteiger charge is 2.10. The summed E-state index contributed by atoms with van der Waals surface area (Å²) < 4.78 is 5.49. The summed E-state index contributed by atoms with van der Waals surface area (Å²) >= 11 is 0. The second kappa shape index (κ2) is 7.20. The highest BCUT2D eigenvalue weighted by Crippen LogP contribution is 2.24. The predicted molar refractivity (Wildman–Crippen MR) is 80.6 cm³/mol. The molecule has 0 aliphatic rings. The van der Waals surface area contributed by atoms with Gasteiger partial charge in [-0.25, -0.2) is 0 Å². The first-order valence-corrected chi connectivity index (χ1v) is 6.74. The number of nitriles is 1. The van der Waals surface area contributed by atoms with Crippen molar-refractivity contribution in [3.05, 3.63) is 60.2 Å². The first-order valence-electron chi connectivity index (χ1n) is 6.74. The molecule has 2 rings (SSSR count). The molecule has 1 N–H and O–H groups in total. The second-order valence-electron chi connectivity index (χ2n) is 4.43. The van der Waals surface area contributed by atoms with Gasteiger partial charge in [-0.15, -0.1) is 0 Å². The zero-order valence-electron chi connectivity index (χ0n) is 11.5. The monoisotopic (exact) mass is 266 g/mol. The van der Waals surface area contributed by atoms with E-state index in [4.69, 9.17) is 10.00 Å². The highest BCUT2D eigenvalue weighted by atomic mass is 16.5. The van der Waals surface area contributed by atoms with Crippen LogP contribution in [0.15, 0.2) is 54.6 Å². The van der Waals surface area contributed by atoms with Crippen LogP contribution in [0.1, 0.15) is 24.9 Å². The molecule has 0 spiro atoms. The van der Waals surface area contributed by atoms with E-state index < -0.39 is 0 Å². The molecule has 0 fully saturated rings. The Labute approximate surface area is 119 Å². The quantitative estimate of drug-likeness (QED) is 0.854. The molecule has 0 heterocycles. The van der Waals surface area contributed by atoms with Crippen LogP contribution >= 0.6 is 0 Å². The van der Waals surface area contributed by atoms with Gasteiger partial charge in [-0.1, -0.05) is 36.4 Å². The normalized spacial score (nSPS) is 11.4. The number of hydrogen-bond acceptors (Lipinski definition) is 3. The maximum absolute atomic E-state index is 9.00. The smallest absolute Gasteiger partial charge is 0.121 e. The molecule has 0 radical (unpaired) electrons. The fourth-order valence-electron chi connectivity index (χ4n) is 2.07. The second-order valence-corrected chi connectivity index (χ2v) is 4.43. The summed E-state index contributed by atoms with van der Waals surface area (Å²) in [6.07, 6.45) is 0.420. The first kappa shape index (κ1) is 14.0. The van der Waals surface area contributed by atoms with Gasteiger partial charge in [-0.05, 0) is 24.6 Å². The number of hydrogen-bond donors (Lipinski definition) is 1. The Morgan fingerprint density at radius 1 is 1.15 bits per heavy atom. The molecule has 0 aliphatic heterocycles. The fourth-order valence-corrected chi connectivity index (χ4v) is 2.07. The number of anilines is 1. The maximum Gasteiger partial charge on any atom is 0.121 e. The topological polar surface area (TPSA) is 45.0 Å². The zero-order valence-corrected chi connectivity index (χ0v) is 11.5. The molecule has 20 heavy (non-hydrogen) atoms. The first-order chi connectivity index (χ1) is 9.83. The van der Waals surface area contributed by atoms with Gasteiger partial charge in [0, 0.05) is 11.8 Å². The maximum atomic E-state index is 9.00. The predicted octanol–water partition coefficient (Wildman–Crippen LogP) is 4.15. The van der Waals surface area contributed by atoms with Gasteiger partial charge in [0.25, 0.3) is 0 Å². The van der Waals surface area contributed by atoms with Gasteiger partial charge in [0.15, 0.2) is 0 Å². The van der Waals surface area contributed by atoms with E-state index in [1.807, 2.05) is 61.5 Å². The lowest BCUT2D eigenvalue weighted by atomic mass is 10.0. The molecular weight excluding hydrogens is 248 g/mol. The van der Waals surface area contributed by atoms with E-state index in [-0.39, 0.29) is 6.04 Å². The summed E-state index contributed by atoms with van der Waals surface area (Å²) in [5.41, 5.74) is 2.07. The van der Waals surface area contributed by atoms with Crippen LogP contribution in [0.5, 0.6) is 5.75 Å². The van der Waals surface area contributed by atoms with Crippen LogP contribution in [0.3, 0.4) is 0 Å². The number of benzene rings is 2. The van der Waals surface area contributed by atoms with Crippen molar-refractivity contribution in [2.24, 2.45) is 0 Å². The van der Waals surface area contributed by atoms with E-state index in [1.165, 1.54) is 0 Å². The lowest BCUT2D eigenvalue weighted by Gasteiger charge is -2.18. The van der Waals surface area contributed by atoms with Crippen LogP contribution < -0.4 is 10.1 Å². The Hall–Kier alpha value is -2.47. The fraction of sp³-hybridized carbons (Fsp3) is 0.235. The average molecular weight is 266 g/mol. The Balaban J connectivity index is 2.16. The molecule has 1 unspecified atom stereocenters. The highest BCUT2D eigenvalue weighted by molar-refractivity contribution is 5.50. The van der Waals surface area contributed by atoms with Gasteiger partial charge >= 0.3 is 0 Å². The lowest BCUT2D eigenvalue weighted by molar-refractivity contribution is 0.340. The summed E-state index contributed by atoms with van der Waals surface area (Å²) in [6.45, 7) is 2.60. The van der Waals surface area contributed by atoms with Crippen LogP contribution in [-0.4, -0.2) is 6.61 Å². The van der Waals surface area contributed by atoms with Crippen molar-refractivity contribution in [2.45, 2.75) is 19.4 Å². The van der Waals surface area contributed by atoms with Crippen molar-refractivity contribution in [3.63, 3.8) is 0 Å². The van der Waals surface area contributed by atoms with E-state index in [0.717, 1.165) is 17.0 Å². The van der Waals surface area contributed by atoms with Crippen LogP contribution in [0.4, 0.5) is 5.69 Å². The minimum absolute atomic E-state index is 0.0157. The Kier molecular flexibility index (Phi) is 5.02. The molecular formula is C17H18N2O. The summed E-state index contributed by atoms with van der Waals surface area (Å²) in [7, 11) is 0. The molecule has 0 amide bonds. The Morgan fingerprint density at radius 3 is 2.65 bits per heavy atom. The third kappa shape index (κ3) is 3.76. The molecule has 2 aromatic rings. The van der Waals surface area contributed by atoms with Crippen LogP contribution in [0, 0.1) is 11.3 Å². The largest absolute Gasteiger partial charge is 0.494 e. The van der Waals surface area contributed by atoms with Gasteiger partial charge in [-0.3, -0.25) is 0 Å². The molecule has 0 saturated carbocycles. The van der Waals surface area contributed by atoms with Gasteiger partial charge in [-0.2, -0.15) is 5.26 Å². The van der Waals surface area contributed by atoms with Gasteiger partial charge in [0.05, 0.1) is 25.1 Å². The van der Waals surface area contributed by atoms with Gasteiger partial charge in [0.1, 0.15) is 5.75 Å². The third-order valence-corrected chi connectivity index (χ3v) is 2.98. The van der Waals surface area contributed by atoms with E-state index >= 15 is 0 Å². The molecule has 1 atom stereocenters. The van der Waals surface area contributed by atoms with Crippen molar-refractivity contribution in [2.75, 3.05) is 11.9 Å². The zero-order chi connectivity index (χ0) is 14.2. The molecule has 3 heteroatoms. The van der Waals surface area contributed by atoms with Crippen LogP contribution in [0.2, 0.25) is 0 Å². The van der Waals surface area contributed by atoms with E-state index in [9.17, 15) is 0 Å². The molecule has 0 aliphatic carbocycles. The number of nitrogens with one attached hydrogen (secondary N) is 1. The number of rotatable bonds is 6. The molecule has 0 bridgehead atoms. The Bertz CT molecular complexity index is 575. The van der Waals surface area contributed by atoms with Crippen LogP contribution in [-0.2, 0) is 0 Å². The van der Waals surface area contributed by atoms with Gasteiger partial charge < -0.3 is 10.1 Å². The third-order valence-electron chi connectivity index (χ3n) is 2.98. The molecule has 2 aromatic carbocycles. The van der Waals surface area contributed by atoms with Crippen molar-refractivity contribution < 1.29 is 4.74 Å². The van der Waals surface area contributed by atoms with E-state index in [0.29, 0.717) is 13.0 Å². The van der Waals surface area contributed by atoms with Crippen molar-refractivity contribution in [1.29, 1.82) is 5.26 Å². The van der Waals surface area contributed by atoms with Crippen molar-refractivity contribution in [1.82, 2.24) is 0 Å². The standard InChI is InChI=1S/C17H18N2O/c1-2-20-16-10-6-9-15(13-16)19-17(11-12-18)14-7-4-3-5-8-14/h3-10,13,17,19H,2,11H2,1H3. The van der Waals surface area contributed by atoms with E-state index in [2.05, 4.69) is 11.4 Å². The summed E-state index contributed by atoms with van der Waals surface area (Å²) in [6, 6.07) is 20.0. The minimum atomic E-state index is -0.0157. The molecule has 102 valence electrons. The molecule has 0 saturated heterocycles. The van der Waals surface area contributed by atoms with Crippen LogP contribution in [0.25, 0.3) is 0 Å². The summed E-state index contributed by atoms with van der Waals surface area (Å²) in [5.74, 6) is 0.835. The average Bonchev–Trinajstić information content (AvgIpc) is 2.48. The van der Waals surface area contributed by atoms with Crippen molar-refractivity contribution in [3.8, 4) is 11.8 Å². The minimum Gasteiger partial charge on any atom is -0.494 e. The Morgan fingerprint density at radius 2 is 1.95 bits per heavy atom. The summed E-state index contributed by atoms with van der Waals surface area (Å²) in [5, 5.41) is 12.4. The number of nitrogens with zero attached hydrogens (tertiary/aromatic N) is 1. The van der Waals surface area contributed by atoms with Crippen molar-refractivity contribution >= 4 is 5.69 Å². The van der Waals surface area contributed by atoms with E-state index in [1.54, 1.807) is 0 Å². The number of ether oxygens (including phenoxy) is 1. The van der Waals surface area contributed by atoms with Gasteiger partial charge in [0.2, 0.25) is 0 Å². The molecule has 3 nitrogen and oxygen atoms in total. The molecule has 0 aromatic heterocycles. The lowest BCUT2D eigenvalue weighted by Crippen LogP contribution is -2.10. The summed E-state index contributed by atoms with van der Waals surface area (Å²) in [4.78, 5) is 0. The SMILES string of the molecule is CCOc1cccc(NC(CC#N)c2ccccc2)c1.